The average molecular weight is 256 g/mol. The number of aromatic carboxylic acids is 1. The molecule has 0 spiro atoms. The van der Waals surface area contributed by atoms with Gasteiger partial charge in [-0.2, -0.15) is 0 Å². The van der Waals surface area contributed by atoms with Gasteiger partial charge in [0.05, 0.1) is 22.8 Å². The first kappa shape index (κ1) is 13.3. The number of halogens is 1. The van der Waals surface area contributed by atoms with E-state index >= 15 is 0 Å². The zero-order chi connectivity index (χ0) is 13.0. The largest absolute Gasteiger partial charge is 0.478 e. The lowest BCUT2D eigenvalue weighted by molar-refractivity contribution is 0.0697. The molecule has 0 saturated carbocycles. The van der Waals surface area contributed by atoms with Gasteiger partial charge in [0, 0.05) is 14.1 Å². The summed E-state index contributed by atoms with van der Waals surface area (Å²) < 4.78 is 0. The molecular weight excluding hydrogens is 242 g/mol. The fraction of sp³-hybridized carbons (Fsp3) is 0.273. The van der Waals surface area contributed by atoms with Crippen molar-refractivity contribution in [3.05, 3.63) is 23.8 Å². The Bertz CT molecular complexity index is 458. The lowest BCUT2D eigenvalue weighted by atomic mass is 10.1. The van der Waals surface area contributed by atoms with Crippen molar-refractivity contribution in [1.82, 2.24) is 0 Å². The molecule has 1 aromatic carbocycles. The fourth-order valence-electron chi connectivity index (χ4n) is 1.35. The van der Waals surface area contributed by atoms with E-state index < -0.39 is 5.97 Å². The van der Waals surface area contributed by atoms with E-state index in [0.29, 0.717) is 11.4 Å². The number of benzene rings is 1. The molecule has 0 heterocycles. The number of carbonyl (C=O) groups is 1. The minimum atomic E-state index is -1.00. The monoisotopic (exact) mass is 255 g/mol. The van der Waals surface area contributed by atoms with Gasteiger partial charge in [-0.1, -0.05) is 0 Å². The smallest absolute Gasteiger partial charge is 0.337 e. The number of carboxylic acid groups (broad SMARTS) is 1. The zero-order valence-corrected chi connectivity index (χ0v) is 10.4. The van der Waals surface area contributed by atoms with E-state index in [9.17, 15) is 4.79 Å². The van der Waals surface area contributed by atoms with Crippen molar-refractivity contribution in [3.8, 4) is 0 Å². The normalized spacial score (nSPS) is 11.4. The van der Waals surface area contributed by atoms with Crippen LogP contribution < -0.4 is 10.6 Å². The number of nitrogens with zero attached hydrogens (tertiary/aromatic N) is 2. The number of aliphatic imine (C=N–C) groups is 1. The van der Waals surface area contributed by atoms with Crippen LogP contribution in [0.1, 0.15) is 10.4 Å². The van der Waals surface area contributed by atoms with Crippen molar-refractivity contribution in [3.63, 3.8) is 0 Å². The summed E-state index contributed by atoms with van der Waals surface area (Å²) in [4.78, 5) is 16.8. The van der Waals surface area contributed by atoms with Crippen LogP contribution in [0.3, 0.4) is 0 Å². The Morgan fingerprint density at radius 2 is 2.18 bits per heavy atom. The molecule has 6 heteroatoms. The first-order valence-electron chi connectivity index (χ1n) is 4.89. The summed E-state index contributed by atoms with van der Waals surface area (Å²) in [6.45, 7) is 0. The molecule has 0 amide bonds. The lowest BCUT2D eigenvalue weighted by Crippen LogP contribution is -2.14. The van der Waals surface area contributed by atoms with E-state index in [1.807, 2.05) is 0 Å². The maximum absolute atomic E-state index is 11.1. The minimum absolute atomic E-state index is 0.109. The number of nitrogens with two attached hydrogens (primary N) is 1. The van der Waals surface area contributed by atoms with E-state index in [-0.39, 0.29) is 17.3 Å². The first-order valence-corrected chi connectivity index (χ1v) is 5.43. The molecule has 1 aromatic rings. The lowest BCUT2D eigenvalue weighted by Gasteiger charge is -2.15. The Morgan fingerprint density at radius 3 is 2.65 bits per heavy atom. The van der Waals surface area contributed by atoms with Crippen molar-refractivity contribution in [2.75, 3.05) is 24.9 Å². The highest BCUT2D eigenvalue weighted by atomic mass is 35.5. The molecule has 0 aliphatic rings. The van der Waals surface area contributed by atoms with Crippen LogP contribution in [0.2, 0.25) is 0 Å². The number of hydrogen-bond acceptors (Lipinski definition) is 3. The van der Waals surface area contributed by atoms with Crippen LogP contribution in [0.4, 0.5) is 11.4 Å². The maximum atomic E-state index is 11.1. The molecule has 0 fully saturated rings. The van der Waals surface area contributed by atoms with Crippen LogP contribution in [0.15, 0.2) is 23.2 Å². The predicted molar refractivity (Wildman–Crippen MR) is 69.7 cm³/mol. The quantitative estimate of drug-likeness (QED) is 0.487. The molecule has 0 saturated heterocycles. The highest BCUT2D eigenvalue weighted by Gasteiger charge is 2.12. The van der Waals surface area contributed by atoms with Crippen molar-refractivity contribution < 1.29 is 9.90 Å². The summed E-state index contributed by atoms with van der Waals surface area (Å²) in [5.74, 6) is -0.645. The van der Waals surface area contributed by atoms with Crippen molar-refractivity contribution in [2.45, 2.75) is 0 Å². The van der Waals surface area contributed by atoms with Gasteiger partial charge < -0.3 is 15.7 Å². The third-order valence-corrected chi connectivity index (χ3v) is 2.38. The van der Waals surface area contributed by atoms with Gasteiger partial charge in [-0.05, 0) is 18.2 Å². The molecule has 0 radical (unpaired) electrons. The summed E-state index contributed by atoms with van der Waals surface area (Å²) >= 11 is 5.51. The highest BCUT2D eigenvalue weighted by Crippen LogP contribution is 2.24. The number of carboxylic acids is 1. The zero-order valence-electron chi connectivity index (χ0n) is 9.64. The van der Waals surface area contributed by atoms with Crippen LogP contribution in [0.5, 0.6) is 0 Å². The number of amidine groups is 1. The van der Waals surface area contributed by atoms with Crippen LogP contribution in [0, 0.1) is 0 Å². The third kappa shape index (κ3) is 3.35. The molecule has 17 heavy (non-hydrogen) atoms. The van der Waals surface area contributed by atoms with Gasteiger partial charge in [0.15, 0.2) is 0 Å². The van der Waals surface area contributed by atoms with Crippen LogP contribution in [0.25, 0.3) is 0 Å². The highest BCUT2D eigenvalue weighted by molar-refractivity contribution is 6.28. The van der Waals surface area contributed by atoms with E-state index in [4.69, 9.17) is 22.4 Å². The van der Waals surface area contributed by atoms with Crippen LogP contribution in [-0.2, 0) is 0 Å². The van der Waals surface area contributed by atoms with Gasteiger partial charge in [-0.3, -0.25) is 0 Å². The average Bonchev–Trinajstić information content (AvgIpc) is 2.28. The second-order valence-corrected chi connectivity index (χ2v) is 3.91. The molecule has 0 unspecified atom stereocenters. The molecule has 92 valence electrons. The fourth-order valence-corrected chi connectivity index (χ4v) is 1.41. The van der Waals surface area contributed by atoms with E-state index in [1.54, 1.807) is 31.1 Å². The molecule has 0 aliphatic carbocycles. The molecule has 3 N–H and O–H groups in total. The van der Waals surface area contributed by atoms with Gasteiger partial charge in [0.2, 0.25) is 0 Å². The Kier molecular flexibility index (Phi) is 4.34. The summed E-state index contributed by atoms with van der Waals surface area (Å²) in [6, 6.07) is 4.85. The van der Waals surface area contributed by atoms with Crippen molar-refractivity contribution in [2.24, 2.45) is 10.7 Å². The SMILES string of the molecule is CN(C)c1ccc(N=C(N)CCl)cc1C(=O)O. The standard InChI is InChI=1S/C11H14ClN3O2/c1-15(2)9-4-3-7(14-10(13)6-12)5-8(9)11(16)17/h3-5H,6H2,1-2H3,(H2,13,14)(H,16,17). The summed E-state index contributed by atoms with van der Waals surface area (Å²) in [5.41, 5.74) is 6.76. The Labute approximate surface area is 105 Å². The van der Waals surface area contributed by atoms with E-state index in [0.717, 1.165) is 0 Å². The second-order valence-electron chi connectivity index (χ2n) is 3.64. The van der Waals surface area contributed by atoms with E-state index in [2.05, 4.69) is 4.99 Å². The van der Waals surface area contributed by atoms with Gasteiger partial charge in [0.25, 0.3) is 0 Å². The number of hydrogen-bond donors (Lipinski definition) is 2. The van der Waals surface area contributed by atoms with Gasteiger partial charge in [-0.25, -0.2) is 9.79 Å². The summed E-state index contributed by atoms with van der Waals surface area (Å²) in [5, 5.41) is 9.10. The first-order chi connectivity index (χ1) is 7.95. The predicted octanol–water partition coefficient (Wildman–Crippen LogP) is 1.68. The second kappa shape index (κ2) is 5.54. The van der Waals surface area contributed by atoms with Crippen LogP contribution in [-0.4, -0.2) is 36.9 Å². The number of alkyl halides is 1. The molecule has 0 bridgehead atoms. The topological polar surface area (TPSA) is 78.9 Å². The maximum Gasteiger partial charge on any atom is 0.337 e. The number of anilines is 1. The Morgan fingerprint density at radius 1 is 1.53 bits per heavy atom. The van der Waals surface area contributed by atoms with E-state index in [1.165, 1.54) is 6.07 Å². The van der Waals surface area contributed by atoms with Crippen molar-refractivity contribution >= 4 is 34.8 Å². The molecule has 0 aromatic heterocycles. The summed E-state index contributed by atoms with van der Waals surface area (Å²) in [6.07, 6.45) is 0. The molecule has 0 atom stereocenters. The third-order valence-electron chi connectivity index (χ3n) is 2.10. The molecule has 5 nitrogen and oxygen atoms in total. The van der Waals surface area contributed by atoms with Gasteiger partial charge >= 0.3 is 5.97 Å². The Balaban J connectivity index is 3.24. The Hall–Kier alpha value is -1.75. The van der Waals surface area contributed by atoms with Crippen LogP contribution >= 0.6 is 11.6 Å². The molecule has 1 rings (SSSR count). The van der Waals surface area contributed by atoms with Gasteiger partial charge in [-0.15, -0.1) is 11.6 Å². The number of rotatable bonds is 4. The molecule has 0 aliphatic heterocycles. The molecular formula is C11H14ClN3O2. The minimum Gasteiger partial charge on any atom is -0.478 e. The summed E-state index contributed by atoms with van der Waals surface area (Å²) in [7, 11) is 3.55. The van der Waals surface area contributed by atoms with Gasteiger partial charge in [0.1, 0.15) is 5.84 Å². The van der Waals surface area contributed by atoms with Crippen molar-refractivity contribution in [1.29, 1.82) is 0 Å².